The maximum atomic E-state index is 4.70. The Morgan fingerprint density at radius 3 is 2.47 bits per heavy atom. The third-order valence-electron chi connectivity index (χ3n) is 4.47. The average Bonchev–Trinajstić information content (AvgIpc) is 2.76. The number of nitrogens with zero attached hydrogens (tertiary/aromatic N) is 1. The summed E-state index contributed by atoms with van der Waals surface area (Å²) in [6.07, 6.45) is 8.34. The van der Waals surface area contributed by atoms with Crippen LogP contribution in [0.3, 0.4) is 0 Å². The molecule has 0 bridgehead atoms. The van der Waals surface area contributed by atoms with E-state index in [4.69, 9.17) is 4.98 Å². The van der Waals surface area contributed by atoms with Gasteiger partial charge in [-0.1, -0.05) is 26.2 Å². The molecule has 1 fully saturated rings. The van der Waals surface area contributed by atoms with Gasteiger partial charge >= 0.3 is 0 Å². The summed E-state index contributed by atoms with van der Waals surface area (Å²) in [7, 11) is 0. The van der Waals surface area contributed by atoms with E-state index in [1.807, 2.05) is 11.3 Å². The summed E-state index contributed by atoms with van der Waals surface area (Å²) in [6, 6.07) is 1.05. The van der Waals surface area contributed by atoms with Gasteiger partial charge in [0, 0.05) is 17.0 Å². The zero-order valence-corrected chi connectivity index (χ0v) is 13.6. The second kappa shape index (κ2) is 6.85. The van der Waals surface area contributed by atoms with Crippen molar-refractivity contribution in [1.29, 1.82) is 0 Å². The summed E-state index contributed by atoms with van der Waals surface area (Å²) < 4.78 is 0. The van der Waals surface area contributed by atoms with Gasteiger partial charge < -0.3 is 5.32 Å². The molecule has 0 aromatic carbocycles. The van der Waals surface area contributed by atoms with Gasteiger partial charge in [0.25, 0.3) is 0 Å². The zero-order valence-electron chi connectivity index (χ0n) is 12.8. The highest BCUT2D eigenvalue weighted by Crippen LogP contribution is 2.30. The lowest BCUT2D eigenvalue weighted by Gasteiger charge is -2.32. The Bertz CT molecular complexity index is 393. The Hall–Kier alpha value is -0.410. The van der Waals surface area contributed by atoms with Crippen molar-refractivity contribution < 1.29 is 0 Å². The molecule has 1 aliphatic carbocycles. The lowest BCUT2D eigenvalue weighted by atomic mass is 9.82. The minimum Gasteiger partial charge on any atom is -0.306 e. The quantitative estimate of drug-likeness (QED) is 0.840. The van der Waals surface area contributed by atoms with Crippen molar-refractivity contribution in [2.75, 3.05) is 0 Å². The Morgan fingerprint density at radius 2 is 1.95 bits per heavy atom. The smallest absolute Gasteiger partial charge is 0.0900 e. The number of nitrogens with one attached hydrogen (secondary N) is 1. The summed E-state index contributed by atoms with van der Waals surface area (Å²) in [5, 5.41) is 5.04. The molecule has 2 atom stereocenters. The molecule has 1 heterocycles. The van der Waals surface area contributed by atoms with Gasteiger partial charge in [-0.3, -0.25) is 0 Å². The topological polar surface area (TPSA) is 24.9 Å². The Balaban J connectivity index is 1.99. The van der Waals surface area contributed by atoms with Gasteiger partial charge in [0.15, 0.2) is 0 Å². The molecule has 1 aliphatic rings. The third-order valence-corrected chi connectivity index (χ3v) is 5.37. The Labute approximate surface area is 122 Å². The summed E-state index contributed by atoms with van der Waals surface area (Å²) in [4.78, 5) is 6.07. The van der Waals surface area contributed by atoms with E-state index < -0.39 is 0 Å². The minimum atomic E-state index is 0.386. The highest BCUT2D eigenvalue weighted by Gasteiger charge is 2.24. The molecule has 0 spiro atoms. The van der Waals surface area contributed by atoms with Crippen LogP contribution in [0.2, 0.25) is 0 Å². The van der Waals surface area contributed by atoms with Crippen molar-refractivity contribution in [2.45, 2.75) is 78.3 Å². The SMILES string of the molecule is CCC(NC(C)c1nc(C)sc1C)C1CCCCC1. The second-order valence-electron chi connectivity index (χ2n) is 5.98. The van der Waals surface area contributed by atoms with E-state index in [-0.39, 0.29) is 0 Å². The first-order valence-electron chi connectivity index (χ1n) is 7.81. The average molecular weight is 280 g/mol. The standard InChI is InChI=1S/C16H28N2S/c1-5-15(14-9-7-6-8-10-14)17-11(2)16-12(3)19-13(4)18-16/h11,14-15,17H,5-10H2,1-4H3. The molecular weight excluding hydrogens is 252 g/mol. The third kappa shape index (κ3) is 3.79. The van der Waals surface area contributed by atoms with E-state index in [2.05, 4.69) is 33.0 Å². The number of rotatable bonds is 5. The van der Waals surface area contributed by atoms with Crippen molar-refractivity contribution in [3.05, 3.63) is 15.6 Å². The predicted molar refractivity (Wildman–Crippen MR) is 83.8 cm³/mol. The molecule has 1 aromatic rings. The molecule has 1 saturated carbocycles. The van der Waals surface area contributed by atoms with Crippen LogP contribution in [0.1, 0.15) is 74.0 Å². The first-order valence-corrected chi connectivity index (χ1v) is 8.63. The molecule has 108 valence electrons. The summed E-state index contributed by atoms with van der Waals surface area (Å²) in [6.45, 7) is 8.89. The lowest BCUT2D eigenvalue weighted by Crippen LogP contribution is -2.38. The van der Waals surface area contributed by atoms with Crippen LogP contribution in [0, 0.1) is 19.8 Å². The highest BCUT2D eigenvalue weighted by atomic mass is 32.1. The normalized spacial score (nSPS) is 20.4. The molecule has 2 unspecified atom stereocenters. The lowest BCUT2D eigenvalue weighted by molar-refractivity contribution is 0.248. The van der Waals surface area contributed by atoms with Crippen LogP contribution < -0.4 is 5.32 Å². The van der Waals surface area contributed by atoms with Crippen LogP contribution in [0.4, 0.5) is 0 Å². The largest absolute Gasteiger partial charge is 0.306 e. The van der Waals surface area contributed by atoms with Gasteiger partial charge in [0.05, 0.1) is 10.7 Å². The number of thiazole rings is 1. The molecule has 1 N–H and O–H groups in total. The molecular formula is C16H28N2S. The summed E-state index contributed by atoms with van der Waals surface area (Å²) >= 11 is 1.82. The van der Waals surface area contributed by atoms with Gasteiger partial charge in [-0.15, -0.1) is 11.3 Å². The Kier molecular flexibility index (Phi) is 5.40. The number of aromatic nitrogens is 1. The fraction of sp³-hybridized carbons (Fsp3) is 0.812. The first-order chi connectivity index (χ1) is 9.11. The van der Waals surface area contributed by atoms with Crippen LogP contribution in [0.25, 0.3) is 0 Å². The van der Waals surface area contributed by atoms with E-state index in [1.54, 1.807) is 0 Å². The van der Waals surface area contributed by atoms with E-state index >= 15 is 0 Å². The van der Waals surface area contributed by atoms with Crippen molar-refractivity contribution >= 4 is 11.3 Å². The summed E-state index contributed by atoms with van der Waals surface area (Å²) in [5.74, 6) is 0.876. The number of hydrogen-bond donors (Lipinski definition) is 1. The summed E-state index contributed by atoms with van der Waals surface area (Å²) in [5.41, 5.74) is 1.26. The van der Waals surface area contributed by atoms with E-state index in [9.17, 15) is 0 Å². The monoisotopic (exact) mass is 280 g/mol. The Morgan fingerprint density at radius 1 is 1.26 bits per heavy atom. The predicted octanol–water partition coefficient (Wildman–Crippen LogP) is 4.77. The van der Waals surface area contributed by atoms with Crippen molar-refractivity contribution in [3.8, 4) is 0 Å². The molecule has 2 rings (SSSR count). The molecule has 1 aromatic heterocycles. The van der Waals surface area contributed by atoms with Crippen molar-refractivity contribution in [1.82, 2.24) is 10.3 Å². The fourth-order valence-corrected chi connectivity index (χ4v) is 4.38. The minimum absolute atomic E-state index is 0.386. The number of hydrogen-bond acceptors (Lipinski definition) is 3. The van der Waals surface area contributed by atoms with Crippen LogP contribution in [-0.2, 0) is 0 Å². The highest BCUT2D eigenvalue weighted by molar-refractivity contribution is 7.11. The fourth-order valence-electron chi connectivity index (χ4n) is 3.47. The van der Waals surface area contributed by atoms with Crippen LogP contribution in [0.5, 0.6) is 0 Å². The molecule has 0 aliphatic heterocycles. The van der Waals surface area contributed by atoms with E-state index in [0.29, 0.717) is 12.1 Å². The van der Waals surface area contributed by atoms with Gasteiger partial charge in [-0.2, -0.15) is 0 Å². The first kappa shape index (κ1) is 15.0. The molecule has 3 heteroatoms. The zero-order chi connectivity index (χ0) is 13.8. The van der Waals surface area contributed by atoms with Crippen LogP contribution >= 0.6 is 11.3 Å². The van der Waals surface area contributed by atoms with Crippen molar-refractivity contribution in [3.63, 3.8) is 0 Å². The molecule has 0 saturated heterocycles. The van der Waals surface area contributed by atoms with E-state index in [1.165, 1.54) is 54.1 Å². The molecule has 19 heavy (non-hydrogen) atoms. The van der Waals surface area contributed by atoms with Gasteiger partial charge in [0.1, 0.15) is 0 Å². The molecule has 2 nitrogen and oxygen atoms in total. The second-order valence-corrected chi connectivity index (χ2v) is 7.38. The van der Waals surface area contributed by atoms with Crippen molar-refractivity contribution in [2.24, 2.45) is 5.92 Å². The maximum Gasteiger partial charge on any atom is 0.0900 e. The number of aryl methyl sites for hydroxylation is 2. The maximum absolute atomic E-state index is 4.70. The van der Waals surface area contributed by atoms with Gasteiger partial charge in [-0.05, 0) is 46.0 Å². The van der Waals surface area contributed by atoms with Crippen LogP contribution in [-0.4, -0.2) is 11.0 Å². The van der Waals surface area contributed by atoms with Crippen LogP contribution in [0.15, 0.2) is 0 Å². The van der Waals surface area contributed by atoms with Gasteiger partial charge in [-0.25, -0.2) is 4.98 Å². The molecule has 0 amide bonds. The van der Waals surface area contributed by atoms with E-state index in [0.717, 1.165) is 5.92 Å². The molecule has 0 radical (unpaired) electrons. The van der Waals surface area contributed by atoms with Gasteiger partial charge in [0.2, 0.25) is 0 Å².